The van der Waals surface area contributed by atoms with Gasteiger partial charge in [-0.1, -0.05) is 26.8 Å². The molecule has 3 nitrogen and oxygen atoms in total. The van der Waals surface area contributed by atoms with Crippen molar-refractivity contribution in [2.75, 3.05) is 5.75 Å². The SMILES string of the molecule is CCS/C(C#N)=C/C1[C@@H](C(=O)O)C1(C)C. The monoisotopic (exact) mass is 225 g/mol. The number of allylic oxidation sites excluding steroid dienone is 2. The van der Waals surface area contributed by atoms with E-state index in [4.69, 9.17) is 10.4 Å². The zero-order chi connectivity index (χ0) is 11.6. The highest BCUT2D eigenvalue weighted by Gasteiger charge is 2.61. The van der Waals surface area contributed by atoms with Crippen molar-refractivity contribution < 1.29 is 9.90 Å². The molecular formula is C11H15NO2S. The van der Waals surface area contributed by atoms with Gasteiger partial charge < -0.3 is 5.11 Å². The molecule has 1 saturated carbocycles. The molecule has 0 radical (unpaired) electrons. The van der Waals surface area contributed by atoms with Crippen LogP contribution < -0.4 is 0 Å². The Morgan fingerprint density at radius 1 is 1.67 bits per heavy atom. The maximum Gasteiger partial charge on any atom is 0.307 e. The molecule has 0 spiro atoms. The number of thioether (sulfide) groups is 1. The van der Waals surface area contributed by atoms with Crippen LogP contribution in [0.2, 0.25) is 0 Å². The second-order valence-corrected chi connectivity index (χ2v) is 5.54. The van der Waals surface area contributed by atoms with Gasteiger partial charge in [0.15, 0.2) is 0 Å². The minimum atomic E-state index is -0.764. The molecule has 0 aromatic rings. The third kappa shape index (κ3) is 2.35. The number of hydrogen-bond acceptors (Lipinski definition) is 3. The van der Waals surface area contributed by atoms with Gasteiger partial charge in [0.25, 0.3) is 0 Å². The van der Waals surface area contributed by atoms with Gasteiger partial charge in [-0.15, -0.1) is 11.8 Å². The topological polar surface area (TPSA) is 61.1 Å². The largest absolute Gasteiger partial charge is 0.481 e. The van der Waals surface area contributed by atoms with E-state index in [-0.39, 0.29) is 17.3 Å². The summed E-state index contributed by atoms with van der Waals surface area (Å²) in [4.78, 5) is 11.5. The van der Waals surface area contributed by atoms with Gasteiger partial charge in [-0.05, 0) is 17.1 Å². The zero-order valence-electron chi connectivity index (χ0n) is 9.15. The lowest BCUT2D eigenvalue weighted by Gasteiger charge is -1.97. The minimum absolute atomic E-state index is 0.00343. The van der Waals surface area contributed by atoms with Gasteiger partial charge in [-0.25, -0.2) is 0 Å². The molecule has 0 aliphatic heterocycles. The van der Waals surface area contributed by atoms with Gasteiger partial charge in [-0.3, -0.25) is 4.79 Å². The Morgan fingerprint density at radius 2 is 2.27 bits per heavy atom. The molecule has 1 aliphatic rings. The number of nitriles is 1. The van der Waals surface area contributed by atoms with Crippen molar-refractivity contribution in [2.45, 2.75) is 20.8 Å². The van der Waals surface area contributed by atoms with Crippen LogP contribution in [0.3, 0.4) is 0 Å². The molecule has 0 aromatic heterocycles. The molecule has 1 rings (SSSR count). The Kier molecular flexibility index (Phi) is 3.46. The summed E-state index contributed by atoms with van der Waals surface area (Å²) in [6.07, 6.45) is 1.81. The predicted molar refractivity (Wildman–Crippen MR) is 60.2 cm³/mol. The highest BCUT2D eigenvalue weighted by molar-refractivity contribution is 8.03. The molecule has 0 saturated heterocycles. The molecule has 0 heterocycles. The number of hydrogen-bond donors (Lipinski definition) is 1. The molecule has 15 heavy (non-hydrogen) atoms. The first kappa shape index (κ1) is 12.1. The van der Waals surface area contributed by atoms with Crippen molar-refractivity contribution in [1.82, 2.24) is 0 Å². The molecule has 0 aromatic carbocycles. The number of carboxylic acids is 1. The van der Waals surface area contributed by atoms with Gasteiger partial charge in [0.2, 0.25) is 0 Å². The van der Waals surface area contributed by atoms with E-state index in [0.29, 0.717) is 4.91 Å². The second kappa shape index (κ2) is 4.28. The van der Waals surface area contributed by atoms with Crippen LogP contribution >= 0.6 is 11.8 Å². The second-order valence-electron chi connectivity index (χ2n) is 4.24. The first-order chi connectivity index (χ1) is 6.95. The summed E-state index contributed by atoms with van der Waals surface area (Å²) in [6, 6.07) is 2.10. The number of rotatable bonds is 4. The third-order valence-corrected chi connectivity index (χ3v) is 3.74. The van der Waals surface area contributed by atoms with Gasteiger partial charge in [0.1, 0.15) is 6.07 Å². The maximum atomic E-state index is 10.9. The van der Waals surface area contributed by atoms with Gasteiger partial charge in [-0.2, -0.15) is 5.26 Å². The Hall–Kier alpha value is -0.950. The van der Waals surface area contributed by atoms with Crippen LogP contribution in [0.15, 0.2) is 11.0 Å². The summed E-state index contributed by atoms with van der Waals surface area (Å²) >= 11 is 1.47. The van der Waals surface area contributed by atoms with Crippen LogP contribution in [-0.4, -0.2) is 16.8 Å². The Balaban J connectivity index is 2.76. The van der Waals surface area contributed by atoms with Crippen LogP contribution in [0.4, 0.5) is 0 Å². The quantitative estimate of drug-likeness (QED) is 0.747. The van der Waals surface area contributed by atoms with Crippen molar-refractivity contribution in [2.24, 2.45) is 17.3 Å². The van der Waals surface area contributed by atoms with Gasteiger partial charge >= 0.3 is 5.97 Å². The molecule has 0 bridgehead atoms. The van der Waals surface area contributed by atoms with Crippen LogP contribution in [0.5, 0.6) is 0 Å². The van der Waals surface area contributed by atoms with Crippen molar-refractivity contribution in [3.8, 4) is 6.07 Å². The molecule has 1 N–H and O–H groups in total. The zero-order valence-corrected chi connectivity index (χ0v) is 9.97. The first-order valence-corrected chi connectivity index (χ1v) is 5.91. The van der Waals surface area contributed by atoms with Crippen LogP contribution in [0, 0.1) is 28.6 Å². The average molecular weight is 225 g/mol. The van der Waals surface area contributed by atoms with Gasteiger partial charge in [0.05, 0.1) is 10.8 Å². The molecule has 1 unspecified atom stereocenters. The van der Waals surface area contributed by atoms with Crippen molar-refractivity contribution >= 4 is 17.7 Å². The number of aliphatic carboxylic acids is 1. The van der Waals surface area contributed by atoms with Crippen molar-refractivity contribution in [1.29, 1.82) is 5.26 Å². The summed E-state index contributed by atoms with van der Waals surface area (Å²) < 4.78 is 0. The fourth-order valence-corrected chi connectivity index (χ4v) is 2.52. The summed E-state index contributed by atoms with van der Waals surface area (Å²) in [5.74, 6) is -0.258. The fraction of sp³-hybridized carbons (Fsp3) is 0.636. The van der Waals surface area contributed by atoms with E-state index in [1.165, 1.54) is 11.8 Å². The van der Waals surface area contributed by atoms with Crippen LogP contribution in [0.25, 0.3) is 0 Å². The van der Waals surface area contributed by atoms with Gasteiger partial charge in [0, 0.05) is 0 Å². The third-order valence-electron chi connectivity index (χ3n) is 2.92. The number of carboxylic acid groups (broad SMARTS) is 1. The van der Waals surface area contributed by atoms with Crippen molar-refractivity contribution in [3.63, 3.8) is 0 Å². The molecule has 2 atom stereocenters. The fourth-order valence-electron chi connectivity index (χ4n) is 1.90. The van der Waals surface area contributed by atoms with Crippen LogP contribution in [-0.2, 0) is 4.79 Å². The molecule has 4 heteroatoms. The van der Waals surface area contributed by atoms with E-state index in [1.807, 2.05) is 26.8 Å². The van der Waals surface area contributed by atoms with E-state index in [0.717, 1.165) is 5.75 Å². The highest BCUT2D eigenvalue weighted by atomic mass is 32.2. The predicted octanol–water partition coefficient (Wildman–Crippen LogP) is 2.50. The number of carbonyl (C=O) groups is 1. The Morgan fingerprint density at radius 3 is 2.60 bits per heavy atom. The van der Waals surface area contributed by atoms with E-state index in [9.17, 15) is 4.79 Å². The number of nitrogens with zero attached hydrogens (tertiary/aromatic N) is 1. The summed E-state index contributed by atoms with van der Waals surface area (Å²) in [7, 11) is 0. The summed E-state index contributed by atoms with van der Waals surface area (Å²) in [6.45, 7) is 5.83. The molecule has 1 fully saturated rings. The lowest BCUT2D eigenvalue weighted by Crippen LogP contribution is -2.03. The smallest absolute Gasteiger partial charge is 0.307 e. The van der Waals surface area contributed by atoms with E-state index >= 15 is 0 Å². The average Bonchev–Trinajstić information content (AvgIpc) is 2.67. The Bertz CT molecular complexity index is 341. The molecule has 1 aliphatic carbocycles. The van der Waals surface area contributed by atoms with E-state index in [2.05, 4.69) is 6.07 Å². The lowest BCUT2D eigenvalue weighted by atomic mass is 10.1. The molecular weight excluding hydrogens is 210 g/mol. The Labute approximate surface area is 94.2 Å². The lowest BCUT2D eigenvalue weighted by molar-refractivity contribution is -0.139. The first-order valence-electron chi connectivity index (χ1n) is 4.92. The van der Waals surface area contributed by atoms with E-state index in [1.54, 1.807) is 0 Å². The minimum Gasteiger partial charge on any atom is -0.481 e. The highest BCUT2D eigenvalue weighted by Crippen LogP contribution is 2.59. The molecule has 0 amide bonds. The maximum absolute atomic E-state index is 10.9. The normalized spacial score (nSPS) is 28.3. The van der Waals surface area contributed by atoms with E-state index < -0.39 is 5.97 Å². The van der Waals surface area contributed by atoms with Crippen molar-refractivity contribution in [3.05, 3.63) is 11.0 Å². The standard InChI is InChI=1S/C11H15NO2S/c1-4-15-7(6-12)5-8-9(10(13)14)11(8,2)3/h5,8-9H,4H2,1-3H3,(H,13,14)/b7-5+/t8?,9-/m0/s1. The summed E-state index contributed by atoms with van der Waals surface area (Å²) in [5.41, 5.74) is -0.206. The molecule has 82 valence electrons. The summed E-state index contributed by atoms with van der Waals surface area (Å²) in [5, 5.41) is 17.8. The van der Waals surface area contributed by atoms with Crippen LogP contribution in [0.1, 0.15) is 20.8 Å².